The monoisotopic (exact) mass is 209 g/mol. The fourth-order valence-corrected chi connectivity index (χ4v) is 1.83. The van der Waals surface area contributed by atoms with E-state index >= 15 is 0 Å². The van der Waals surface area contributed by atoms with E-state index in [1.54, 1.807) is 6.20 Å². The van der Waals surface area contributed by atoms with Gasteiger partial charge in [0, 0.05) is 6.20 Å². The number of ether oxygens (including phenoxy) is 1. The average molecular weight is 209 g/mol. The Morgan fingerprint density at radius 2 is 2.33 bits per heavy atom. The van der Waals surface area contributed by atoms with Crippen molar-refractivity contribution in [2.75, 3.05) is 5.73 Å². The summed E-state index contributed by atoms with van der Waals surface area (Å²) in [5.74, 6) is -0.231. The first kappa shape index (κ1) is 10.0. The standard InChI is InChI=1S/C10H15N3O2/c11-8-5-12-13(6-8)7-10(14)15-9-3-1-2-4-9/h5-6,9H,1-4,7,11H2. The van der Waals surface area contributed by atoms with E-state index in [9.17, 15) is 4.79 Å². The van der Waals surface area contributed by atoms with E-state index in [2.05, 4.69) is 5.10 Å². The van der Waals surface area contributed by atoms with Crippen LogP contribution in [0.4, 0.5) is 5.69 Å². The van der Waals surface area contributed by atoms with Gasteiger partial charge in [0.05, 0.1) is 11.9 Å². The third-order valence-electron chi connectivity index (χ3n) is 2.54. The zero-order chi connectivity index (χ0) is 10.7. The molecular weight excluding hydrogens is 194 g/mol. The molecule has 0 atom stereocenters. The number of aromatic nitrogens is 2. The first-order chi connectivity index (χ1) is 7.24. The van der Waals surface area contributed by atoms with Crippen LogP contribution >= 0.6 is 0 Å². The quantitative estimate of drug-likeness (QED) is 0.752. The van der Waals surface area contributed by atoms with Crippen molar-refractivity contribution >= 4 is 11.7 Å². The molecule has 0 amide bonds. The summed E-state index contributed by atoms with van der Waals surface area (Å²) in [7, 11) is 0. The highest BCUT2D eigenvalue weighted by Crippen LogP contribution is 2.21. The summed E-state index contributed by atoms with van der Waals surface area (Å²) in [4.78, 5) is 11.5. The molecule has 1 aromatic heterocycles. The second kappa shape index (κ2) is 4.33. The number of esters is 1. The second-order valence-corrected chi connectivity index (χ2v) is 3.87. The summed E-state index contributed by atoms with van der Waals surface area (Å²) < 4.78 is 6.78. The van der Waals surface area contributed by atoms with Crippen LogP contribution in [0, 0.1) is 0 Å². The Kier molecular flexibility index (Phi) is 2.89. The molecule has 0 spiro atoms. The van der Waals surface area contributed by atoms with Crippen LogP contribution in [0.15, 0.2) is 12.4 Å². The number of hydrogen-bond acceptors (Lipinski definition) is 4. The van der Waals surface area contributed by atoms with Gasteiger partial charge in [0.1, 0.15) is 12.6 Å². The maximum Gasteiger partial charge on any atom is 0.328 e. The molecule has 15 heavy (non-hydrogen) atoms. The zero-order valence-electron chi connectivity index (χ0n) is 8.56. The highest BCUT2D eigenvalue weighted by molar-refractivity contribution is 5.69. The molecule has 2 N–H and O–H groups in total. The van der Waals surface area contributed by atoms with Gasteiger partial charge in [-0.15, -0.1) is 0 Å². The topological polar surface area (TPSA) is 70.1 Å². The number of nitrogens with zero attached hydrogens (tertiary/aromatic N) is 2. The lowest BCUT2D eigenvalue weighted by molar-refractivity contribution is -0.149. The molecule has 82 valence electrons. The number of rotatable bonds is 3. The van der Waals surface area contributed by atoms with E-state index in [-0.39, 0.29) is 18.6 Å². The van der Waals surface area contributed by atoms with Crippen molar-refractivity contribution in [3.63, 3.8) is 0 Å². The van der Waals surface area contributed by atoms with Gasteiger partial charge in [-0.25, -0.2) is 0 Å². The molecule has 0 bridgehead atoms. The maximum absolute atomic E-state index is 11.5. The van der Waals surface area contributed by atoms with Crippen LogP contribution in [-0.4, -0.2) is 21.9 Å². The molecule has 1 fully saturated rings. The highest BCUT2D eigenvalue weighted by Gasteiger charge is 2.19. The van der Waals surface area contributed by atoms with E-state index in [0.717, 1.165) is 25.7 Å². The first-order valence-electron chi connectivity index (χ1n) is 5.21. The van der Waals surface area contributed by atoms with Crippen LogP contribution in [0.5, 0.6) is 0 Å². The van der Waals surface area contributed by atoms with Crippen LogP contribution in [0.1, 0.15) is 25.7 Å². The Morgan fingerprint density at radius 1 is 1.60 bits per heavy atom. The van der Waals surface area contributed by atoms with Crippen LogP contribution in [-0.2, 0) is 16.1 Å². The lowest BCUT2D eigenvalue weighted by atomic mass is 10.3. The number of carbonyl (C=O) groups is 1. The maximum atomic E-state index is 11.5. The molecule has 1 aliphatic rings. The van der Waals surface area contributed by atoms with Crippen molar-refractivity contribution in [3.8, 4) is 0 Å². The average Bonchev–Trinajstić information content (AvgIpc) is 2.77. The molecule has 2 rings (SSSR count). The summed E-state index contributed by atoms with van der Waals surface area (Å²) in [5, 5.41) is 3.92. The summed E-state index contributed by atoms with van der Waals surface area (Å²) in [6.07, 6.45) is 7.56. The SMILES string of the molecule is Nc1cnn(CC(=O)OC2CCCC2)c1. The van der Waals surface area contributed by atoms with Crippen molar-refractivity contribution < 1.29 is 9.53 Å². The minimum atomic E-state index is -0.231. The molecule has 1 aliphatic carbocycles. The Morgan fingerprint density at radius 3 is 2.93 bits per heavy atom. The molecule has 0 aromatic carbocycles. The molecule has 1 heterocycles. The fourth-order valence-electron chi connectivity index (χ4n) is 1.83. The number of carbonyl (C=O) groups excluding carboxylic acids is 1. The molecule has 0 radical (unpaired) electrons. The van der Waals surface area contributed by atoms with Crippen LogP contribution in [0.3, 0.4) is 0 Å². The van der Waals surface area contributed by atoms with Gasteiger partial charge in [0.25, 0.3) is 0 Å². The van der Waals surface area contributed by atoms with Gasteiger partial charge in [-0.3, -0.25) is 9.48 Å². The number of hydrogen-bond donors (Lipinski definition) is 1. The molecule has 5 heteroatoms. The smallest absolute Gasteiger partial charge is 0.328 e. The van der Waals surface area contributed by atoms with E-state index < -0.39 is 0 Å². The summed E-state index contributed by atoms with van der Waals surface area (Å²) in [5.41, 5.74) is 6.04. The lowest BCUT2D eigenvalue weighted by Gasteiger charge is -2.10. The third-order valence-corrected chi connectivity index (χ3v) is 2.54. The molecule has 5 nitrogen and oxygen atoms in total. The fraction of sp³-hybridized carbons (Fsp3) is 0.600. The van der Waals surface area contributed by atoms with Gasteiger partial charge in [0.15, 0.2) is 0 Å². The minimum absolute atomic E-state index is 0.116. The zero-order valence-corrected chi connectivity index (χ0v) is 8.56. The second-order valence-electron chi connectivity index (χ2n) is 3.87. The Hall–Kier alpha value is -1.52. The molecule has 0 aliphatic heterocycles. The normalized spacial score (nSPS) is 16.8. The number of nitrogen functional groups attached to an aromatic ring is 1. The van der Waals surface area contributed by atoms with Crippen molar-refractivity contribution in [1.82, 2.24) is 9.78 Å². The predicted octanol–water partition coefficient (Wildman–Crippen LogP) is 0.951. The molecule has 1 aromatic rings. The predicted molar refractivity (Wildman–Crippen MR) is 55.0 cm³/mol. The third kappa shape index (κ3) is 2.71. The Labute approximate surface area is 88.2 Å². The summed E-state index contributed by atoms with van der Waals surface area (Å²) in [6.45, 7) is 0.147. The first-order valence-corrected chi connectivity index (χ1v) is 5.21. The minimum Gasteiger partial charge on any atom is -0.461 e. The summed E-state index contributed by atoms with van der Waals surface area (Å²) in [6, 6.07) is 0. The van der Waals surface area contributed by atoms with Gasteiger partial charge in [-0.2, -0.15) is 5.10 Å². The highest BCUT2D eigenvalue weighted by atomic mass is 16.5. The van der Waals surface area contributed by atoms with Crippen LogP contribution in [0.2, 0.25) is 0 Å². The molecule has 1 saturated carbocycles. The van der Waals surface area contributed by atoms with Gasteiger partial charge in [-0.05, 0) is 25.7 Å². The van der Waals surface area contributed by atoms with E-state index in [1.807, 2.05) is 0 Å². The summed E-state index contributed by atoms with van der Waals surface area (Å²) >= 11 is 0. The van der Waals surface area contributed by atoms with Gasteiger partial charge < -0.3 is 10.5 Å². The number of anilines is 1. The van der Waals surface area contributed by atoms with E-state index in [0.29, 0.717) is 5.69 Å². The number of nitrogens with two attached hydrogens (primary N) is 1. The molecule has 0 unspecified atom stereocenters. The van der Waals surface area contributed by atoms with Gasteiger partial charge >= 0.3 is 5.97 Å². The lowest BCUT2D eigenvalue weighted by Crippen LogP contribution is -2.19. The van der Waals surface area contributed by atoms with E-state index in [4.69, 9.17) is 10.5 Å². The largest absolute Gasteiger partial charge is 0.461 e. The van der Waals surface area contributed by atoms with Crippen molar-refractivity contribution in [2.45, 2.75) is 38.3 Å². The van der Waals surface area contributed by atoms with Crippen LogP contribution in [0.25, 0.3) is 0 Å². The molecule has 0 saturated heterocycles. The van der Waals surface area contributed by atoms with Gasteiger partial charge in [0.2, 0.25) is 0 Å². The van der Waals surface area contributed by atoms with Crippen molar-refractivity contribution in [3.05, 3.63) is 12.4 Å². The Bertz CT molecular complexity index is 342. The van der Waals surface area contributed by atoms with Crippen molar-refractivity contribution in [2.24, 2.45) is 0 Å². The Balaban J connectivity index is 1.81. The molecular formula is C10H15N3O2. The van der Waals surface area contributed by atoms with Crippen LogP contribution < -0.4 is 5.73 Å². The van der Waals surface area contributed by atoms with Gasteiger partial charge in [-0.1, -0.05) is 0 Å². The van der Waals surface area contributed by atoms with E-state index in [1.165, 1.54) is 10.9 Å². The van der Waals surface area contributed by atoms with Crippen molar-refractivity contribution in [1.29, 1.82) is 0 Å².